The summed E-state index contributed by atoms with van der Waals surface area (Å²) in [5.41, 5.74) is 2.25. The second kappa shape index (κ2) is 11.5. The van der Waals surface area contributed by atoms with Gasteiger partial charge < -0.3 is 9.16 Å². The van der Waals surface area contributed by atoms with Crippen LogP contribution in [0.15, 0.2) is 54.6 Å². The van der Waals surface area contributed by atoms with Crippen molar-refractivity contribution in [1.82, 2.24) is 0 Å². The molecule has 0 bridgehead atoms. The van der Waals surface area contributed by atoms with Gasteiger partial charge in [0.2, 0.25) is 0 Å². The molecule has 1 rings (SSSR count). The Bertz CT molecular complexity index is 642. The fourth-order valence-corrected chi connectivity index (χ4v) is 3.59. The van der Waals surface area contributed by atoms with Crippen LogP contribution in [0.1, 0.15) is 52.5 Å². The average molecular weight is 403 g/mol. The van der Waals surface area contributed by atoms with E-state index in [1.807, 2.05) is 31.2 Å². The number of hydrogen-bond acceptors (Lipinski definition) is 3. The minimum atomic E-state index is -1.72. The Morgan fingerprint density at radius 2 is 1.86 bits per heavy atom. The lowest BCUT2D eigenvalue weighted by Crippen LogP contribution is -2.41. The SMILES string of the molecule is C=CC(=O)CC=C(C)[C@@H](CCCO[Si](C)(C)C(C)(C)C)OCc1ccccc1. The Labute approximate surface area is 173 Å². The first-order chi connectivity index (χ1) is 13.1. The largest absolute Gasteiger partial charge is 0.417 e. The molecule has 0 N–H and O–H groups in total. The van der Waals surface area contributed by atoms with Crippen molar-refractivity contribution in [1.29, 1.82) is 0 Å². The van der Waals surface area contributed by atoms with Crippen molar-refractivity contribution >= 4 is 14.1 Å². The molecule has 1 atom stereocenters. The smallest absolute Gasteiger partial charge is 0.191 e. The van der Waals surface area contributed by atoms with Crippen molar-refractivity contribution in [3.05, 3.63) is 60.2 Å². The van der Waals surface area contributed by atoms with Gasteiger partial charge in [-0.3, -0.25) is 4.79 Å². The van der Waals surface area contributed by atoms with Gasteiger partial charge in [-0.2, -0.15) is 0 Å². The molecule has 0 saturated carbocycles. The van der Waals surface area contributed by atoms with Gasteiger partial charge in [0.1, 0.15) is 0 Å². The van der Waals surface area contributed by atoms with Crippen molar-refractivity contribution in [3.8, 4) is 0 Å². The lowest BCUT2D eigenvalue weighted by molar-refractivity contribution is -0.113. The highest BCUT2D eigenvalue weighted by Crippen LogP contribution is 2.36. The Morgan fingerprint density at radius 3 is 2.43 bits per heavy atom. The standard InChI is InChI=1S/C24H38O3Si/c1-8-22(25)17-16-20(2)23(26-19-21-13-10-9-11-14-21)15-12-18-27-28(6,7)24(3,4)5/h8-11,13-14,16,23H,1,12,15,17-19H2,2-7H3/t23-/m1/s1. The van der Waals surface area contributed by atoms with Gasteiger partial charge in [-0.05, 0) is 55.1 Å². The third-order valence-corrected chi connectivity index (χ3v) is 10.1. The Morgan fingerprint density at radius 1 is 1.21 bits per heavy atom. The van der Waals surface area contributed by atoms with Gasteiger partial charge in [0.15, 0.2) is 14.1 Å². The molecule has 0 aliphatic carbocycles. The predicted octanol–water partition coefficient (Wildman–Crippen LogP) is 6.47. The third kappa shape index (κ3) is 8.68. The van der Waals surface area contributed by atoms with Crippen LogP contribution >= 0.6 is 0 Å². The molecule has 1 aromatic rings. The number of carbonyl (C=O) groups is 1. The van der Waals surface area contributed by atoms with Gasteiger partial charge >= 0.3 is 0 Å². The van der Waals surface area contributed by atoms with E-state index in [-0.39, 0.29) is 16.9 Å². The van der Waals surface area contributed by atoms with Crippen molar-refractivity contribution in [2.75, 3.05) is 6.61 Å². The van der Waals surface area contributed by atoms with Crippen LogP contribution in [0.5, 0.6) is 0 Å². The lowest BCUT2D eigenvalue weighted by atomic mass is 10.0. The van der Waals surface area contributed by atoms with Gasteiger partial charge in [-0.15, -0.1) is 0 Å². The van der Waals surface area contributed by atoms with E-state index in [4.69, 9.17) is 9.16 Å². The number of allylic oxidation sites excluding steroid dienone is 2. The van der Waals surface area contributed by atoms with Gasteiger partial charge in [0, 0.05) is 13.0 Å². The molecule has 0 fully saturated rings. The molecule has 0 unspecified atom stereocenters. The van der Waals surface area contributed by atoms with Crippen LogP contribution in [-0.4, -0.2) is 26.8 Å². The number of rotatable bonds is 12. The second-order valence-corrected chi connectivity index (χ2v) is 13.7. The molecule has 28 heavy (non-hydrogen) atoms. The van der Waals surface area contributed by atoms with Crippen LogP contribution in [0, 0.1) is 0 Å². The van der Waals surface area contributed by atoms with Gasteiger partial charge in [0.25, 0.3) is 0 Å². The third-order valence-electron chi connectivity index (χ3n) is 5.53. The molecule has 0 amide bonds. The fraction of sp³-hybridized carbons (Fsp3) is 0.542. The average Bonchev–Trinajstić information content (AvgIpc) is 2.65. The number of carbonyl (C=O) groups excluding carboxylic acids is 1. The number of ketones is 1. The summed E-state index contributed by atoms with van der Waals surface area (Å²) < 4.78 is 12.5. The van der Waals surface area contributed by atoms with Crippen molar-refractivity contribution in [2.24, 2.45) is 0 Å². The van der Waals surface area contributed by atoms with Gasteiger partial charge in [0.05, 0.1) is 12.7 Å². The highest BCUT2D eigenvalue weighted by molar-refractivity contribution is 6.74. The van der Waals surface area contributed by atoms with E-state index < -0.39 is 8.32 Å². The lowest BCUT2D eigenvalue weighted by Gasteiger charge is -2.36. The summed E-state index contributed by atoms with van der Waals surface area (Å²) in [6.45, 7) is 18.2. The van der Waals surface area contributed by atoms with Crippen molar-refractivity contribution in [3.63, 3.8) is 0 Å². The Kier molecular flexibility index (Phi) is 10.1. The topological polar surface area (TPSA) is 35.5 Å². The van der Waals surface area contributed by atoms with Crippen LogP contribution in [0.3, 0.4) is 0 Å². The first-order valence-electron chi connectivity index (χ1n) is 10.2. The maximum atomic E-state index is 11.6. The summed E-state index contributed by atoms with van der Waals surface area (Å²) in [6.07, 6.45) is 5.52. The highest BCUT2D eigenvalue weighted by atomic mass is 28.4. The molecule has 0 aliphatic rings. The molecular formula is C24H38O3Si. The normalized spacial score (nSPS) is 14.0. The minimum absolute atomic E-state index is 0.0131. The zero-order valence-corrected chi connectivity index (χ0v) is 19.6. The molecule has 0 heterocycles. The van der Waals surface area contributed by atoms with E-state index in [9.17, 15) is 4.79 Å². The summed E-state index contributed by atoms with van der Waals surface area (Å²) in [4.78, 5) is 11.6. The highest BCUT2D eigenvalue weighted by Gasteiger charge is 2.36. The van der Waals surface area contributed by atoms with Gasteiger partial charge in [-0.1, -0.05) is 63.8 Å². The molecule has 0 saturated heterocycles. The van der Waals surface area contributed by atoms with Crippen LogP contribution in [0.4, 0.5) is 0 Å². The van der Waals surface area contributed by atoms with E-state index in [0.717, 1.165) is 30.6 Å². The molecule has 0 aliphatic heterocycles. The second-order valence-electron chi connectivity index (χ2n) is 8.86. The number of ether oxygens (including phenoxy) is 1. The predicted molar refractivity (Wildman–Crippen MR) is 121 cm³/mol. The molecule has 156 valence electrons. The van der Waals surface area contributed by atoms with E-state index >= 15 is 0 Å². The molecule has 3 nitrogen and oxygen atoms in total. The molecule has 0 aromatic heterocycles. The van der Waals surface area contributed by atoms with Crippen LogP contribution in [0.2, 0.25) is 18.1 Å². The van der Waals surface area contributed by atoms with Crippen LogP contribution in [0.25, 0.3) is 0 Å². The Hall–Kier alpha value is -1.49. The summed E-state index contributed by atoms with van der Waals surface area (Å²) in [5.74, 6) is 0.0300. The van der Waals surface area contributed by atoms with Crippen molar-refractivity contribution in [2.45, 2.75) is 77.8 Å². The number of hydrogen-bond donors (Lipinski definition) is 0. The molecule has 4 heteroatoms. The van der Waals surface area contributed by atoms with Crippen molar-refractivity contribution < 1.29 is 14.0 Å². The van der Waals surface area contributed by atoms with E-state index in [1.165, 1.54) is 6.08 Å². The first-order valence-corrected chi connectivity index (χ1v) is 13.1. The first kappa shape index (κ1) is 24.5. The van der Waals surface area contributed by atoms with E-state index in [0.29, 0.717) is 13.0 Å². The summed E-state index contributed by atoms with van der Waals surface area (Å²) in [7, 11) is -1.72. The van der Waals surface area contributed by atoms with Crippen LogP contribution in [-0.2, 0) is 20.6 Å². The zero-order chi connectivity index (χ0) is 21.2. The van der Waals surface area contributed by atoms with Crippen LogP contribution < -0.4 is 0 Å². The summed E-state index contributed by atoms with van der Waals surface area (Å²) in [5, 5.41) is 0.219. The van der Waals surface area contributed by atoms with Gasteiger partial charge in [-0.25, -0.2) is 0 Å². The quantitative estimate of drug-likeness (QED) is 0.174. The number of benzene rings is 1. The molecule has 1 aromatic carbocycles. The monoisotopic (exact) mass is 402 g/mol. The molecular weight excluding hydrogens is 364 g/mol. The minimum Gasteiger partial charge on any atom is -0.417 e. The van der Waals surface area contributed by atoms with E-state index in [2.05, 4.69) is 52.6 Å². The summed E-state index contributed by atoms with van der Waals surface area (Å²) >= 11 is 0. The maximum absolute atomic E-state index is 11.6. The fourth-order valence-electron chi connectivity index (χ4n) is 2.50. The molecule has 0 spiro atoms. The summed E-state index contributed by atoms with van der Waals surface area (Å²) in [6, 6.07) is 10.2. The van der Waals surface area contributed by atoms with E-state index in [1.54, 1.807) is 0 Å². The maximum Gasteiger partial charge on any atom is 0.191 e. The Balaban J connectivity index is 2.66. The zero-order valence-electron chi connectivity index (χ0n) is 18.6. The molecule has 0 radical (unpaired) electrons.